The number of anilines is 2. The van der Waals surface area contributed by atoms with Crippen molar-refractivity contribution in [1.82, 2.24) is 29.1 Å². The summed E-state index contributed by atoms with van der Waals surface area (Å²) in [4.78, 5) is 21.6. The smallest absolute Gasteiger partial charge is 0.350 e. The number of halogens is 2. The van der Waals surface area contributed by atoms with E-state index in [1.165, 1.54) is 21.9 Å². The Labute approximate surface area is 299 Å². The van der Waals surface area contributed by atoms with Gasteiger partial charge in [-0.15, -0.1) is 0 Å². The zero-order chi connectivity index (χ0) is 34.8. The summed E-state index contributed by atoms with van der Waals surface area (Å²) in [5.41, 5.74) is 3.33. The van der Waals surface area contributed by atoms with E-state index in [2.05, 4.69) is 37.1 Å². The van der Waals surface area contributed by atoms with Crippen LogP contribution >= 0.6 is 23.2 Å². The average molecular weight is 722 g/mol. The maximum atomic E-state index is 12.8. The first-order valence-electron chi connectivity index (χ1n) is 16.5. The van der Waals surface area contributed by atoms with Gasteiger partial charge in [-0.25, -0.2) is 23.7 Å². The predicted molar refractivity (Wildman–Crippen MR) is 190 cm³/mol. The molecule has 3 aromatic carbocycles. The molecule has 1 N–H and O–H groups in total. The third kappa shape index (κ3) is 7.10. The molecular weight excluding hydrogens is 683 g/mol. The van der Waals surface area contributed by atoms with Gasteiger partial charge in [0.1, 0.15) is 44.0 Å². The van der Waals surface area contributed by atoms with Gasteiger partial charge in [0.2, 0.25) is 5.79 Å². The van der Waals surface area contributed by atoms with Crippen LogP contribution in [0.15, 0.2) is 90.5 Å². The maximum absolute atomic E-state index is 12.8. The SMILES string of the molecule is CC(O)C(C)n1ncn(-c2ccc(N3CCN(c4ccc(OC[C@H]5CO[C@](Cn6cncn6)(c6ccc(Cl)cc6Cl)O5)cc4)CC3)cc2)c1=O. The second kappa shape index (κ2) is 14.4. The van der Waals surface area contributed by atoms with Crippen LogP contribution in [0.2, 0.25) is 10.0 Å². The first-order valence-corrected chi connectivity index (χ1v) is 17.2. The molecule has 7 rings (SSSR count). The van der Waals surface area contributed by atoms with Gasteiger partial charge in [0.15, 0.2) is 0 Å². The zero-order valence-corrected chi connectivity index (χ0v) is 29.2. The number of hydrogen-bond acceptors (Lipinski definition) is 10. The lowest BCUT2D eigenvalue weighted by Crippen LogP contribution is -2.46. The molecule has 2 aliphatic rings. The largest absolute Gasteiger partial charge is 0.491 e. The van der Waals surface area contributed by atoms with Crippen LogP contribution in [0.25, 0.3) is 5.69 Å². The van der Waals surface area contributed by atoms with Gasteiger partial charge < -0.3 is 29.1 Å². The van der Waals surface area contributed by atoms with Crippen LogP contribution in [0.3, 0.4) is 0 Å². The molecule has 4 heterocycles. The van der Waals surface area contributed by atoms with E-state index in [0.717, 1.165) is 49.0 Å². The quantitative estimate of drug-likeness (QED) is 0.208. The van der Waals surface area contributed by atoms with Gasteiger partial charge >= 0.3 is 5.69 Å². The Morgan fingerprint density at radius 2 is 1.58 bits per heavy atom. The summed E-state index contributed by atoms with van der Waals surface area (Å²) in [6.07, 6.45) is 3.53. The summed E-state index contributed by atoms with van der Waals surface area (Å²) in [6.45, 7) is 7.71. The zero-order valence-electron chi connectivity index (χ0n) is 27.7. The van der Waals surface area contributed by atoms with E-state index in [4.69, 9.17) is 37.4 Å². The number of hydrogen-bond donors (Lipinski definition) is 1. The Balaban J connectivity index is 0.924. The molecule has 2 unspecified atom stereocenters. The molecule has 262 valence electrons. The maximum Gasteiger partial charge on any atom is 0.350 e. The molecule has 0 radical (unpaired) electrons. The van der Waals surface area contributed by atoms with Crippen molar-refractivity contribution >= 4 is 34.6 Å². The van der Waals surface area contributed by atoms with Crippen LogP contribution in [0, 0.1) is 0 Å². The van der Waals surface area contributed by atoms with E-state index in [1.54, 1.807) is 37.0 Å². The molecular formula is C35H38Cl2N8O5. The molecule has 0 spiro atoms. The number of ether oxygens (including phenoxy) is 3. The summed E-state index contributed by atoms with van der Waals surface area (Å²) in [6, 6.07) is 20.8. The molecule has 2 aromatic heterocycles. The predicted octanol–water partition coefficient (Wildman–Crippen LogP) is 4.55. The Kier molecular flexibility index (Phi) is 9.84. The summed E-state index contributed by atoms with van der Waals surface area (Å²) in [5.74, 6) is -0.432. The molecule has 0 bridgehead atoms. The van der Waals surface area contributed by atoms with Gasteiger partial charge in [0, 0.05) is 48.1 Å². The van der Waals surface area contributed by atoms with E-state index < -0.39 is 17.9 Å². The average Bonchev–Trinajstić information content (AvgIpc) is 3.88. The van der Waals surface area contributed by atoms with Gasteiger partial charge in [-0.2, -0.15) is 10.2 Å². The molecule has 0 amide bonds. The fourth-order valence-electron chi connectivity index (χ4n) is 6.25. The molecule has 5 aromatic rings. The highest BCUT2D eigenvalue weighted by molar-refractivity contribution is 6.35. The van der Waals surface area contributed by atoms with Crippen LogP contribution in [0.1, 0.15) is 25.5 Å². The van der Waals surface area contributed by atoms with Crippen molar-refractivity contribution in [1.29, 1.82) is 0 Å². The number of aliphatic hydroxyl groups is 1. The number of piperazine rings is 1. The molecule has 50 heavy (non-hydrogen) atoms. The number of benzene rings is 3. The van der Waals surface area contributed by atoms with E-state index in [0.29, 0.717) is 28.8 Å². The topological polar surface area (TPSA) is 125 Å². The molecule has 15 heteroatoms. The van der Waals surface area contributed by atoms with Crippen molar-refractivity contribution in [3.05, 3.63) is 112 Å². The van der Waals surface area contributed by atoms with Gasteiger partial charge in [0.05, 0.1) is 29.5 Å². The van der Waals surface area contributed by atoms with Crippen molar-refractivity contribution in [2.45, 2.75) is 44.4 Å². The molecule has 0 aliphatic carbocycles. The lowest BCUT2D eigenvalue weighted by Gasteiger charge is -2.37. The van der Waals surface area contributed by atoms with Gasteiger partial charge in [-0.3, -0.25) is 0 Å². The number of nitrogens with zero attached hydrogens (tertiary/aromatic N) is 8. The highest BCUT2D eigenvalue weighted by Crippen LogP contribution is 2.40. The summed E-state index contributed by atoms with van der Waals surface area (Å²) in [5, 5.41) is 19.2. The number of aliphatic hydroxyl groups excluding tert-OH is 1. The molecule has 2 fully saturated rings. The van der Waals surface area contributed by atoms with Gasteiger partial charge in [-0.1, -0.05) is 29.3 Å². The van der Waals surface area contributed by atoms with Gasteiger partial charge in [0.25, 0.3) is 0 Å². The third-order valence-electron chi connectivity index (χ3n) is 9.23. The molecule has 2 aliphatic heterocycles. The second-order valence-corrected chi connectivity index (χ2v) is 13.4. The lowest BCUT2D eigenvalue weighted by molar-refractivity contribution is -0.190. The third-order valence-corrected chi connectivity index (χ3v) is 9.77. The lowest BCUT2D eigenvalue weighted by atomic mass is 10.1. The van der Waals surface area contributed by atoms with Crippen molar-refractivity contribution in [3.8, 4) is 11.4 Å². The molecule has 4 atom stereocenters. The van der Waals surface area contributed by atoms with E-state index in [9.17, 15) is 9.90 Å². The minimum atomic E-state index is -1.17. The fourth-order valence-corrected chi connectivity index (χ4v) is 6.80. The minimum Gasteiger partial charge on any atom is -0.491 e. The Morgan fingerprint density at radius 1 is 0.920 bits per heavy atom. The van der Waals surface area contributed by atoms with Crippen LogP contribution in [0.5, 0.6) is 5.75 Å². The van der Waals surface area contributed by atoms with Crippen molar-refractivity contribution in [2.75, 3.05) is 49.2 Å². The van der Waals surface area contributed by atoms with Crippen LogP contribution in [-0.4, -0.2) is 85.8 Å². The molecule has 0 saturated carbocycles. The normalized spacial score (nSPS) is 20.6. The molecule has 13 nitrogen and oxygen atoms in total. The number of rotatable bonds is 11. The Morgan fingerprint density at radius 3 is 2.20 bits per heavy atom. The van der Waals surface area contributed by atoms with E-state index in [-0.39, 0.29) is 18.3 Å². The Hall–Kier alpha value is -4.40. The van der Waals surface area contributed by atoms with Crippen molar-refractivity contribution < 1.29 is 19.3 Å². The molecule has 2 saturated heterocycles. The number of aromatic nitrogens is 6. The highest BCUT2D eigenvalue weighted by Gasteiger charge is 2.45. The first-order chi connectivity index (χ1) is 24.2. The summed E-state index contributed by atoms with van der Waals surface area (Å²) < 4.78 is 23.3. The van der Waals surface area contributed by atoms with E-state index in [1.807, 2.05) is 42.5 Å². The standard InChI is InChI=1S/C35H38Cl2N8O5/c1-24(25(2)46)45-34(47)44(23-40-45)29-6-4-27(5-7-29)41-13-15-42(16-14-41)28-8-10-30(11-9-28)48-18-31-19-49-35(50-31,20-43-22-38-21-39-43)32-12-3-26(36)17-33(32)37/h3-12,17,21-25,31,46H,13-16,18-20H2,1-2H3/t24?,25?,31-,35-/m0/s1. The van der Waals surface area contributed by atoms with Crippen LogP contribution < -0.4 is 20.2 Å². The van der Waals surface area contributed by atoms with Crippen LogP contribution in [-0.2, 0) is 21.8 Å². The summed E-state index contributed by atoms with van der Waals surface area (Å²) in [7, 11) is 0. The Bertz CT molecular complexity index is 1940. The monoisotopic (exact) mass is 720 g/mol. The first kappa shape index (κ1) is 34.1. The van der Waals surface area contributed by atoms with Crippen molar-refractivity contribution in [2.24, 2.45) is 0 Å². The fraction of sp³-hybridized carbons (Fsp3) is 0.371. The highest BCUT2D eigenvalue weighted by atomic mass is 35.5. The minimum absolute atomic E-state index is 0.261. The van der Waals surface area contributed by atoms with Crippen LogP contribution in [0.4, 0.5) is 11.4 Å². The second-order valence-electron chi connectivity index (χ2n) is 12.5. The summed E-state index contributed by atoms with van der Waals surface area (Å²) >= 11 is 12.7. The van der Waals surface area contributed by atoms with E-state index >= 15 is 0 Å². The van der Waals surface area contributed by atoms with Gasteiger partial charge in [-0.05, 0) is 74.5 Å². The van der Waals surface area contributed by atoms with Crippen molar-refractivity contribution in [3.63, 3.8) is 0 Å².